The van der Waals surface area contributed by atoms with Crippen molar-refractivity contribution < 1.29 is 18.0 Å². The van der Waals surface area contributed by atoms with E-state index in [0.717, 1.165) is 17.1 Å². The molecule has 0 bridgehead atoms. The monoisotopic (exact) mass is 308 g/mol. The fraction of sp³-hybridized carbons (Fsp3) is 0.444. The molecule has 106 valence electrons. The predicted octanol–water partition coefficient (Wildman–Crippen LogP) is 0.217. The van der Waals surface area contributed by atoms with Gasteiger partial charge in [-0.3, -0.25) is 14.8 Å². The van der Waals surface area contributed by atoms with Crippen LogP contribution in [-0.4, -0.2) is 36.7 Å². The minimum atomic E-state index is -3.89. The van der Waals surface area contributed by atoms with E-state index in [9.17, 15) is 18.0 Å². The normalized spacial score (nSPS) is 12.8. The molecule has 1 heterocycles. The summed E-state index contributed by atoms with van der Waals surface area (Å²) in [6, 6.07) is -1.48. The Balaban J connectivity index is 2.78. The van der Waals surface area contributed by atoms with E-state index in [-0.39, 0.29) is 4.90 Å². The van der Waals surface area contributed by atoms with Gasteiger partial charge in [-0.25, -0.2) is 13.2 Å². The lowest BCUT2D eigenvalue weighted by Crippen LogP contribution is -2.42. The number of aromatic nitrogens is 2. The second-order valence-electron chi connectivity index (χ2n) is 3.62. The summed E-state index contributed by atoms with van der Waals surface area (Å²) in [6.45, 7) is 3.55. The van der Waals surface area contributed by atoms with E-state index >= 15 is 0 Å². The highest BCUT2D eigenvalue weighted by atomic mass is 35.7. The summed E-state index contributed by atoms with van der Waals surface area (Å²) >= 11 is 0. The zero-order valence-corrected chi connectivity index (χ0v) is 11.8. The summed E-state index contributed by atoms with van der Waals surface area (Å²) in [4.78, 5) is 22.6. The van der Waals surface area contributed by atoms with Crippen molar-refractivity contribution in [1.82, 2.24) is 20.4 Å². The van der Waals surface area contributed by atoms with Crippen LogP contribution in [0.4, 0.5) is 4.79 Å². The molecule has 1 atom stereocenters. The number of halogens is 1. The maximum atomic E-state index is 11.7. The minimum absolute atomic E-state index is 0.216. The number of imide groups is 1. The van der Waals surface area contributed by atoms with Gasteiger partial charge in [0.15, 0.2) is 0 Å². The van der Waals surface area contributed by atoms with E-state index in [1.807, 2.05) is 0 Å². The summed E-state index contributed by atoms with van der Waals surface area (Å²) in [5, 5.41) is 8.21. The summed E-state index contributed by atoms with van der Waals surface area (Å²) in [6.07, 6.45) is 2.14. The quantitative estimate of drug-likeness (QED) is 0.773. The maximum Gasteiger partial charge on any atom is 0.321 e. The fourth-order valence-corrected chi connectivity index (χ4v) is 1.85. The molecule has 1 unspecified atom stereocenters. The lowest BCUT2D eigenvalue weighted by atomic mass is 10.3. The molecule has 1 aromatic heterocycles. The third kappa shape index (κ3) is 4.21. The van der Waals surface area contributed by atoms with Gasteiger partial charge in [0.25, 0.3) is 15.0 Å². The van der Waals surface area contributed by atoms with Gasteiger partial charge >= 0.3 is 6.03 Å². The molecule has 1 rings (SSSR count). The van der Waals surface area contributed by atoms with Crippen molar-refractivity contribution in [1.29, 1.82) is 0 Å². The molecule has 3 amide bonds. The molecule has 0 aromatic carbocycles. The maximum absolute atomic E-state index is 11.7. The van der Waals surface area contributed by atoms with E-state index in [4.69, 9.17) is 10.7 Å². The largest absolute Gasteiger partial charge is 0.338 e. The Labute approximate surface area is 114 Å². The number of hydrogen-bond acceptors (Lipinski definition) is 5. The number of carbonyl (C=O) groups is 2. The van der Waals surface area contributed by atoms with Crippen molar-refractivity contribution in [2.75, 3.05) is 6.54 Å². The molecule has 0 aliphatic rings. The first-order valence-electron chi connectivity index (χ1n) is 5.33. The number of nitrogens with one attached hydrogen (secondary N) is 2. The van der Waals surface area contributed by atoms with Gasteiger partial charge in [0.05, 0.1) is 6.20 Å². The Morgan fingerprint density at radius 3 is 2.63 bits per heavy atom. The number of urea groups is 1. The molecule has 0 fully saturated rings. The summed E-state index contributed by atoms with van der Waals surface area (Å²) in [5.74, 6) is -0.618. The van der Waals surface area contributed by atoms with Crippen molar-refractivity contribution in [2.45, 2.75) is 24.8 Å². The van der Waals surface area contributed by atoms with Gasteiger partial charge in [-0.2, -0.15) is 5.10 Å². The van der Waals surface area contributed by atoms with Gasteiger partial charge in [0.2, 0.25) is 0 Å². The predicted molar refractivity (Wildman–Crippen MR) is 67.2 cm³/mol. The van der Waals surface area contributed by atoms with E-state index in [0.29, 0.717) is 6.54 Å². The average molecular weight is 309 g/mol. The van der Waals surface area contributed by atoms with E-state index in [2.05, 4.69) is 15.7 Å². The number of hydrogen-bond donors (Lipinski definition) is 2. The zero-order valence-electron chi connectivity index (χ0n) is 10.3. The molecule has 10 heteroatoms. The van der Waals surface area contributed by atoms with Crippen molar-refractivity contribution in [2.24, 2.45) is 0 Å². The Kier molecular flexibility index (Phi) is 4.90. The minimum Gasteiger partial charge on any atom is -0.338 e. The van der Waals surface area contributed by atoms with E-state index in [1.54, 1.807) is 6.92 Å². The molecule has 0 aliphatic carbocycles. The van der Waals surface area contributed by atoms with Gasteiger partial charge < -0.3 is 5.32 Å². The summed E-state index contributed by atoms with van der Waals surface area (Å²) < 4.78 is 23.2. The number of nitrogens with zero attached hydrogens (tertiary/aromatic N) is 2. The summed E-state index contributed by atoms with van der Waals surface area (Å²) in [5.41, 5.74) is 0. The van der Waals surface area contributed by atoms with E-state index < -0.39 is 27.0 Å². The van der Waals surface area contributed by atoms with Crippen LogP contribution >= 0.6 is 10.7 Å². The van der Waals surface area contributed by atoms with Crippen LogP contribution in [0.15, 0.2) is 17.3 Å². The molecule has 0 spiro atoms. The van der Waals surface area contributed by atoms with Crippen LogP contribution in [0.2, 0.25) is 0 Å². The van der Waals surface area contributed by atoms with Crippen LogP contribution in [-0.2, 0) is 13.8 Å². The van der Waals surface area contributed by atoms with Gasteiger partial charge in [0, 0.05) is 23.4 Å². The second-order valence-corrected chi connectivity index (χ2v) is 6.18. The van der Waals surface area contributed by atoms with Gasteiger partial charge in [-0.15, -0.1) is 0 Å². The average Bonchev–Trinajstić information content (AvgIpc) is 2.76. The highest BCUT2D eigenvalue weighted by molar-refractivity contribution is 8.13. The van der Waals surface area contributed by atoms with Crippen LogP contribution in [0, 0.1) is 0 Å². The van der Waals surface area contributed by atoms with Gasteiger partial charge in [0.1, 0.15) is 10.9 Å². The van der Waals surface area contributed by atoms with Crippen LogP contribution in [0.5, 0.6) is 0 Å². The van der Waals surface area contributed by atoms with Gasteiger partial charge in [-0.05, 0) is 13.8 Å². The van der Waals surface area contributed by atoms with Crippen molar-refractivity contribution in [3.8, 4) is 0 Å². The van der Waals surface area contributed by atoms with Crippen molar-refractivity contribution >= 4 is 31.7 Å². The third-order valence-electron chi connectivity index (χ3n) is 2.21. The first-order valence-corrected chi connectivity index (χ1v) is 7.64. The SMILES string of the molecule is CCNC(=O)NC(=O)C(C)n1cc(S(=O)(=O)Cl)cn1. The molecule has 0 saturated carbocycles. The van der Waals surface area contributed by atoms with E-state index in [1.165, 1.54) is 6.92 Å². The molecule has 1 aromatic rings. The van der Waals surface area contributed by atoms with Crippen LogP contribution < -0.4 is 10.6 Å². The van der Waals surface area contributed by atoms with Gasteiger partial charge in [-0.1, -0.05) is 0 Å². The highest BCUT2D eigenvalue weighted by Crippen LogP contribution is 2.15. The second kappa shape index (κ2) is 6.02. The highest BCUT2D eigenvalue weighted by Gasteiger charge is 2.20. The smallest absolute Gasteiger partial charge is 0.321 e. The summed E-state index contributed by atoms with van der Waals surface area (Å²) in [7, 11) is 1.24. The van der Waals surface area contributed by atoms with Crippen molar-refractivity contribution in [3.05, 3.63) is 12.4 Å². The van der Waals surface area contributed by atoms with Crippen molar-refractivity contribution in [3.63, 3.8) is 0 Å². The number of carbonyl (C=O) groups excluding carboxylic acids is 2. The molecule has 0 aliphatic heterocycles. The first kappa shape index (κ1) is 15.4. The number of amides is 3. The Morgan fingerprint density at radius 2 is 2.16 bits per heavy atom. The lowest BCUT2D eigenvalue weighted by molar-refractivity contribution is -0.123. The molecule has 19 heavy (non-hydrogen) atoms. The first-order chi connectivity index (χ1) is 8.75. The topological polar surface area (TPSA) is 110 Å². The van der Waals surface area contributed by atoms with Crippen LogP contribution in [0.1, 0.15) is 19.9 Å². The lowest BCUT2D eigenvalue weighted by Gasteiger charge is -2.11. The Hall–Kier alpha value is -1.61. The fourth-order valence-electron chi connectivity index (χ4n) is 1.20. The Morgan fingerprint density at radius 1 is 1.53 bits per heavy atom. The third-order valence-corrected chi connectivity index (χ3v) is 3.52. The zero-order chi connectivity index (χ0) is 14.6. The molecule has 2 N–H and O–H groups in total. The van der Waals surface area contributed by atoms with Crippen LogP contribution in [0.3, 0.4) is 0 Å². The Bertz CT molecular complexity index is 583. The molecule has 8 nitrogen and oxygen atoms in total. The standard InChI is InChI=1S/C9H13ClN4O4S/c1-3-11-9(16)13-8(15)6(2)14-5-7(4-12-14)19(10,17)18/h4-6H,3H2,1-2H3,(H2,11,13,15,16). The molecule has 0 radical (unpaired) electrons. The molecule has 0 saturated heterocycles. The molecular formula is C9H13ClN4O4S. The number of rotatable bonds is 4. The molecular weight excluding hydrogens is 296 g/mol. The van der Waals surface area contributed by atoms with Crippen LogP contribution in [0.25, 0.3) is 0 Å².